The van der Waals surface area contributed by atoms with Crippen LogP contribution in [0.4, 0.5) is 5.69 Å². The fourth-order valence-electron chi connectivity index (χ4n) is 4.38. The summed E-state index contributed by atoms with van der Waals surface area (Å²) in [4.78, 5) is 7.23. The van der Waals surface area contributed by atoms with Gasteiger partial charge in [0.05, 0.1) is 24.5 Å². The minimum Gasteiger partial charge on any atom is -0.491 e. The van der Waals surface area contributed by atoms with E-state index in [1.54, 1.807) is 7.11 Å². The van der Waals surface area contributed by atoms with E-state index < -0.39 is 0 Å². The van der Waals surface area contributed by atoms with Gasteiger partial charge >= 0.3 is 0 Å². The fourth-order valence-corrected chi connectivity index (χ4v) is 4.38. The number of imidazole rings is 1. The molecule has 6 heteroatoms. The minimum atomic E-state index is 0.144. The third-order valence-electron chi connectivity index (χ3n) is 5.77. The Hall–Kier alpha value is -2.83. The van der Waals surface area contributed by atoms with E-state index in [1.807, 2.05) is 18.3 Å². The molecular formula is C23H26N4O2. The number of rotatable bonds is 6. The Kier molecular flexibility index (Phi) is 4.96. The highest BCUT2D eigenvalue weighted by Gasteiger charge is 2.33. The molecule has 0 aliphatic carbocycles. The third kappa shape index (κ3) is 3.39. The van der Waals surface area contributed by atoms with Crippen LogP contribution in [0, 0.1) is 0 Å². The van der Waals surface area contributed by atoms with Crippen molar-refractivity contribution in [3.05, 3.63) is 66.1 Å². The molecular weight excluding hydrogens is 364 g/mol. The molecule has 2 aliphatic rings. The van der Waals surface area contributed by atoms with Gasteiger partial charge in [0.15, 0.2) is 0 Å². The van der Waals surface area contributed by atoms with Gasteiger partial charge in [-0.05, 0) is 30.7 Å². The van der Waals surface area contributed by atoms with E-state index >= 15 is 0 Å². The minimum absolute atomic E-state index is 0.144. The molecule has 4 heterocycles. The topological polar surface area (TPSA) is 51.0 Å². The Morgan fingerprint density at radius 3 is 3.00 bits per heavy atom. The second-order valence-electron chi connectivity index (χ2n) is 7.53. The highest BCUT2D eigenvalue weighted by atomic mass is 16.5. The lowest BCUT2D eigenvalue weighted by Gasteiger charge is -2.39. The highest BCUT2D eigenvalue weighted by Crippen LogP contribution is 2.39. The number of ether oxygens (including phenoxy) is 2. The predicted octanol–water partition coefficient (Wildman–Crippen LogP) is 3.30. The first-order valence-electron chi connectivity index (χ1n) is 10.2. The molecule has 29 heavy (non-hydrogen) atoms. The van der Waals surface area contributed by atoms with Crippen molar-refractivity contribution in [2.45, 2.75) is 18.5 Å². The lowest BCUT2D eigenvalue weighted by molar-refractivity contribution is 0.146. The monoisotopic (exact) mass is 390 g/mol. The average Bonchev–Trinajstić information content (AvgIpc) is 3.43. The van der Waals surface area contributed by atoms with Crippen molar-refractivity contribution in [1.29, 1.82) is 0 Å². The van der Waals surface area contributed by atoms with Crippen molar-refractivity contribution in [2.24, 2.45) is 0 Å². The van der Waals surface area contributed by atoms with Crippen molar-refractivity contribution in [3.63, 3.8) is 0 Å². The zero-order valence-electron chi connectivity index (χ0n) is 16.6. The maximum absolute atomic E-state index is 5.75. The van der Waals surface area contributed by atoms with Crippen LogP contribution in [0.3, 0.4) is 0 Å². The number of hydrogen-bond donors (Lipinski definition) is 1. The number of hydrogen-bond acceptors (Lipinski definition) is 5. The predicted molar refractivity (Wildman–Crippen MR) is 115 cm³/mol. The van der Waals surface area contributed by atoms with Crippen molar-refractivity contribution in [2.75, 3.05) is 38.3 Å². The Morgan fingerprint density at radius 1 is 1.21 bits per heavy atom. The van der Waals surface area contributed by atoms with E-state index in [-0.39, 0.29) is 6.04 Å². The van der Waals surface area contributed by atoms with Crippen LogP contribution in [-0.2, 0) is 4.74 Å². The standard InChI is InChI=1S/C23H26N4O2/c1-28-12-13-29-19-9-11-26-22(16-25-23(26)14-19)21-7-6-17-4-2-3-5-20(17)27(21)18-8-10-24-15-18/h2-7,9,11,14,16,18,21,24H,8,10,12-13,15H2,1H3/t18?,21-/m0/s1. The van der Waals surface area contributed by atoms with Gasteiger partial charge in [0.25, 0.3) is 0 Å². The van der Waals surface area contributed by atoms with Crippen LogP contribution in [-0.4, -0.2) is 48.8 Å². The summed E-state index contributed by atoms with van der Waals surface area (Å²) in [5.74, 6) is 0.813. The molecule has 1 aromatic carbocycles. The molecule has 5 rings (SSSR count). The van der Waals surface area contributed by atoms with Crippen LogP contribution in [0.5, 0.6) is 5.75 Å². The maximum atomic E-state index is 5.75. The molecule has 150 valence electrons. The molecule has 0 saturated carbocycles. The van der Waals surface area contributed by atoms with Gasteiger partial charge in [0, 0.05) is 37.6 Å². The number of nitrogens with one attached hydrogen (secondary N) is 1. The number of aromatic nitrogens is 2. The summed E-state index contributed by atoms with van der Waals surface area (Å²) in [7, 11) is 1.68. The first kappa shape index (κ1) is 18.2. The van der Waals surface area contributed by atoms with Gasteiger partial charge in [-0.3, -0.25) is 0 Å². The normalized spacial score (nSPS) is 20.9. The van der Waals surface area contributed by atoms with Crippen molar-refractivity contribution >= 4 is 17.4 Å². The summed E-state index contributed by atoms with van der Waals surface area (Å²) in [6.07, 6.45) is 9.73. The first-order chi connectivity index (χ1) is 14.3. The number of anilines is 1. The molecule has 3 aromatic rings. The lowest BCUT2D eigenvalue weighted by Crippen LogP contribution is -2.41. The number of fused-ring (bicyclic) bond motifs is 2. The SMILES string of the molecule is COCCOc1ccn2c([C@@H]3C=Cc4ccccc4N3C3CCNC3)cnc2c1. The van der Waals surface area contributed by atoms with Gasteiger partial charge in [0.1, 0.15) is 18.0 Å². The van der Waals surface area contributed by atoms with E-state index in [9.17, 15) is 0 Å². The summed E-state index contributed by atoms with van der Waals surface area (Å²) in [6.45, 7) is 3.17. The maximum Gasteiger partial charge on any atom is 0.140 e. The van der Waals surface area contributed by atoms with Gasteiger partial charge < -0.3 is 24.1 Å². The number of nitrogens with zero attached hydrogens (tertiary/aromatic N) is 3. The largest absolute Gasteiger partial charge is 0.491 e. The summed E-state index contributed by atoms with van der Waals surface area (Å²) >= 11 is 0. The summed E-state index contributed by atoms with van der Waals surface area (Å²) in [5, 5.41) is 3.52. The van der Waals surface area contributed by atoms with E-state index in [1.165, 1.54) is 16.9 Å². The summed E-state index contributed by atoms with van der Waals surface area (Å²) in [6, 6.07) is 13.2. The molecule has 0 bridgehead atoms. The fraction of sp³-hybridized carbons (Fsp3) is 0.348. The van der Waals surface area contributed by atoms with Gasteiger partial charge in [-0.15, -0.1) is 0 Å². The zero-order valence-corrected chi connectivity index (χ0v) is 16.6. The molecule has 0 spiro atoms. The second-order valence-corrected chi connectivity index (χ2v) is 7.53. The molecule has 2 aromatic heterocycles. The molecule has 6 nitrogen and oxygen atoms in total. The molecule has 1 N–H and O–H groups in total. The molecule has 2 atom stereocenters. The smallest absolute Gasteiger partial charge is 0.140 e. The van der Waals surface area contributed by atoms with E-state index in [4.69, 9.17) is 9.47 Å². The highest BCUT2D eigenvalue weighted by molar-refractivity contribution is 5.73. The van der Waals surface area contributed by atoms with Crippen molar-refractivity contribution in [3.8, 4) is 5.75 Å². The molecule has 0 radical (unpaired) electrons. The van der Waals surface area contributed by atoms with E-state index in [2.05, 4.69) is 62.2 Å². The van der Waals surface area contributed by atoms with Crippen LogP contribution in [0.25, 0.3) is 11.7 Å². The Morgan fingerprint density at radius 2 is 2.14 bits per heavy atom. The van der Waals surface area contributed by atoms with E-state index in [0.717, 1.165) is 30.9 Å². The van der Waals surface area contributed by atoms with Crippen molar-refractivity contribution < 1.29 is 9.47 Å². The van der Waals surface area contributed by atoms with Gasteiger partial charge in [-0.25, -0.2) is 4.98 Å². The molecule has 1 saturated heterocycles. The Bertz CT molecular complexity index is 1020. The quantitative estimate of drug-likeness (QED) is 0.655. The molecule has 1 fully saturated rings. The van der Waals surface area contributed by atoms with Crippen molar-refractivity contribution in [1.82, 2.24) is 14.7 Å². The number of methoxy groups -OCH3 is 1. The van der Waals surface area contributed by atoms with Gasteiger partial charge in [-0.2, -0.15) is 0 Å². The Labute approximate surface area is 170 Å². The van der Waals surface area contributed by atoms with Crippen LogP contribution < -0.4 is 15.0 Å². The second kappa shape index (κ2) is 7.89. The number of benzene rings is 1. The molecule has 2 aliphatic heterocycles. The first-order valence-corrected chi connectivity index (χ1v) is 10.2. The molecule has 0 amide bonds. The molecule has 1 unspecified atom stereocenters. The third-order valence-corrected chi connectivity index (χ3v) is 5.77. The van der Waals surface area contributed by atoms with Crippen LogP contribution in [0.2, 0.25) is 0 Å². The van der Waals surface area contributed by atoms with Crippen LogP contribution >= 0.6 is 0 Å². The Balaban J connectivity index is 1.51. The number of para-hydroxylation sites is 1. The number of pyridine rings is 1. The zero-order chi connectivity index (χ0) is 19.6. The van der Waals surface area contributed by atoms with Gasteiger partial charge in [-0.1, -0.05) is 30.4 Å². The van der Waals surface area contributed by atoms with E-state index in [0.29, 0.717) is 19.3 Å². The van der Waals surface area contributed by atoms with Crippen LogP contribution in [0.1, 0.15) is 23.7 Å². The van der Waals surface area contributed by atoms with Crippen LogP contribution in [0.15, 0.2) is 54.9 Å². The summed E-state index contributed by atoms with van der Waals surface area (Å²) in [5.41, 5.74) is 4.63. The van der Waals surface area contributed by atoms with Gasteiger partial charge in [0.2, 0.25) is 0 Å². The average molecular weight is 390 g/mol. The summed E-state index contributed by atoms with van der Waals surface area (Å²) < 4.78 is 13.0. The lowest BCUT2D eigenvalue weighted by atomic mass is 9.98.